The number of amides is 1. The first kappa shape index (κ1) is 25.6. The Labute approximate surface area is 178 Å². The average Bonchev–Trinajstić information content (AvgIpc) is 2.68. The maximum absolute atomic E-state index is 14.3. The SMILES string of the molecule is CCC(=O)Oc1ccc(C(F)C(=O)CCCCCCCNC(=O)OC(C)(C)C)cc1. The second-order valence-electron chi connectivity index (χ2n) is 8.17. The highest BCUT2D eigenvalue weighted by Gasteiger charge is 2.19. The molecule has 1 rings (SSSR count). The van der Waals surface area contributed by atoms with Gasteiger partial charge < -0.3 is 14.8 Å². The van der Waals surface area contributed by atoms with Crippen molar-refractivity contribution in [2.45, 2.75) is 84.4 Å². The highest BCUT2D eigenvalue weighted by Crippen LogP contribution is 2.24. The van der Waals surface area contributed by atoms with Gasteiger partial charge in [0.05, 0.1) is 0 Å². The molecule has 0 saturated carbocycles. The third-order valence-corrected chi connectivity index (χ3v) is 4.24. The molecule has 0 aliphatic rings. The number of Topliss-reactive ketones (excluding diaryl/α,β-unsaturated/α-hetero) is 1. The fourth-order valence-corrected chi connectivity index (χ4v) is 2.68. The van der Waals surface area contributed by atoms with Crippen LogP contribution >= 0.6 is 0 Å². The van der Waals surface area contributed by atoms with E-state index < -0.39 is 23.6 Å². The molecule has 0 aromatic heterocycles. The lowest BCUT2D eigenvalue weighted by molar-refractivity contribution is -0.134. The number of esters is 1. The summed E-state index contributed by atoms with van der Waals surface area (Å²) in [6.07, 6.45) is 2.47. The summed E-state index contributed by atoms with van der Waals surface area (Å²) in [5.74, 6) is -0.470. The largest absolute Gasteiger partial charge is 0.444 e. The highest BCUT2D eigenvalue weighted by atomic mass is 19.1. The summed E-state index contributed by atoms with van der Waals surface area (Å²) in [7, 11) is 0. The Balaban J connectivity index is 2.18. The molecule has 0 aliphatic heterocycles. The van der Waals surface area contributed by atoms with E-state index in [1.54, 1.807) is 6.92 Å². The minimum absolute atomic E-state index is 0.184. The van der Waals surface area contributed by atoms with E-state index in [4.69, 9.17) is 9.47 Å². The summed E-state index contributed by atoms with van der Waals surface area (Å²) in [6, 6.07) is 5.93. The molecule has 7 heteroatoms. The van der Waals surface area contributed by atoms with Crippen molar-refractivity contribution >= 4 is 17.8 Å². The summed E-state index contributed by atoms with van der Waals surface area (Å²) in [4.78, 5) is 34.8. The van der Waals surface area contributed by atoms with Crippen molar-refractivity contribution in [3.05, 3.63) is 29.8 Å². The summed E-state index contributed by atoms with van der Waals surface area (Å²) in [6.45, 7) is 7.68. The zero-order valence-corrected chi connectivity index (χ0v) is 18.5. The Morgan fingerprint density at radius 2 is 1.60 bits per heavy atom. The zero-order valence-electron chi connectivity index (χ0n) is 18.5. The van der Waals surface area contributed by atoms with Crippen LogP contribution in [-0.4, -0.2) is 30.0 Å². The van der Waals surface area contributed by atoms with Gasteiger partial charge in [-0.25, -0.2) is 9.18 Å². The maximum Gasteiger partial charge on any atom is 0.407 e. The number of hydrogen-bond donors (Lipinski definition) is 1. The molecule has 0 radical (unpaired) electrons. The van der Waals surface area contributed by atoms with Crippen LogP contribution < -0.4 is 10.1 Å². The Morgan fingerprint density at radius 3 is 2.20 bits per heavy atom. The zero-order chi connectivity index (χ0) is 22.6. The number of halogens is 1. The summed E-state index contributed by atoms with van der Waals surface area (Å²) in [5, 5.41) is 2.71. The van der Waals surface area contributed by atoms with Crippen molar-refractivity contribution in [2.24, 2.45) is 0 Å². The van der Waals surface area contributed by atoms with E-state index in [0.29, 0.717) is 18.7 Å². The molecule has 168 valence electrons. The predicted molar refractivity (Wildman–Crippen MR) is 113 cm³/mol. The van der Waals surface area contributed by atoms with Gasteiger partial charge in [-0.05, 0) is 51.3 Å². The Kier molecular flexibility index (Phi) is 11.1. The van der Waals surface area contributed by atoms with E-state index in [-0.39, 0.29) is 24.4 Å². The molecular formula is C23H34FNO5. The van der Waals surface area contributed by atoms with Crippen LogP contribution in [0.15, 0.2) is 24.3 Å². The van der Waals surface area contributed by atoms with Crippen molar-refractivity contribution in [1.29, 1.82) is 0 Å². The van der Waals surface area contributed by atoms with Gasteiger partial charge in [0, 0.05) is 19.4 Å². The van der Waals surface area contributed by atoms with E-state index in [1.807, 2.05) is 20.8 Å². The molecule has 0 heterocycles. The lowest BCUT2D eigenvalue weighted by atomic mass is 10.0. The van der Waals surface area contributed by atoms with Crippen LogP contribution in [0.5, 0.6) is 5.75 Å². The minimum atomic E-state index is -1.67. The van der Waals surface area contributed by atoms with Gasteiger partial charge >= 0.3 is 12.1 Å². The molecule has 0 saturated heterocycles. The number of rotatable bonds is 12. The summed E-state index contributed by atoms with van der Waals surface area (Å²) < 4.78 is 24.5. The summed E-state index contributed by atoms with van der Waals surface area (Å²) >= 11 is 0. The molecule has 1 atom stereocenters. The maximum atomic E-state index is 14.3. The van der Waals surface area contributed by atoms with Crippen LogP contribution in [-0.2, 0) is 14.3 Å². The minimum Gasteiger partial charge on any atom is -0.444 e. The number of nitrogens with one attached hydrogen (secondary N) is 1. The Bertz CT molecular complexity index is 682. The average molecular weight is 424 g/mol. The van der Waals surface area contributed by atoms with E-state index in [9.17, 15) is 18.8 Å². The monoisotopic (exact) mass is 423 g/mol. The molecule has 0 fully saturated rings. The number of hydrogen-bond acceptors (Lipinski definition) is 5. The number of ether oxygens (including phenoxy) is 2. The van der Waals surface area contributed by atoms with Crippen molar-refractivity contribution < 1.29 is 28.2 Å². The molecular weight excluding hydrogens is 389 g/mol. The van der Waals surface area contributed by atoms with Crippen LogP contribution in [0.1, 0.15) is 84.4 Å². The predicted octanol–water partition coefficient (Wildman–Crippen LogP) is 5.45. The first-order valence-electron chi connectivity index (χ1n) is 10.6. The Morgan fingerprint density at radius 1 is 1.00 bits per heavy atom. The molecule has 6 nitrogen and oxygen atoms in total. The van der Waals surface area contributed by atoms with Crippen molar-refractivity contribution in [3.63, 3.8) is 0 Å². The van der Waals surface area contributed by atoms with Crippen LogP contribution in [0.25, 0.3) is 0 Å². The number of carbonyl (C=O) groups excluding carboxylic acids is 3. The number of unbranched alkanes of at least 4 members (excludes halogenated alkanes) is 4. The van der Waals surface area contributed by atoms with Gasteiger partial charge in [0.25, 0.3) is 0 Å². The number of alkyl halides is 1. The normalized spacial score (nSPS) is 12.2. The van der Waals surface area contributed by atoms with Gasteiger partial charge in [-0.1, -0.05) is 38.3 Å². The van der Waals surface area contributed by atoms with Gasteiger partial charge in [0.2, 0.25) is 0 Å². The van der Waals surface area contributed by atoms with Crippen molar-refractivity contribution in [3.8, 4) is 5.75 Å². The molecule has 1 amide bonds. The molecule has 0 aliphatic carbocycles. The van der Waals surface area contributed by atoms with Crippen molar-refractivity contribution in [1.82, 2.24) is 5.32 Å². The van der Waals surface area contributed by atoms with E-state index in [0.717, 1.165) is 25.7 Å². The number of benzene rings is 1. The fourth-order valence-electron chi connectivity index (χ4n) is 2.68. The third-order valence-electron chi connectivity index (χ3n) is 4.24. The summed E-state index contributed by atoms with van der Waals surface area (Å²) in [5.41, 5.74) is -0.237. The third kappa shape index (κ3) is 10.9. The molecule has 1 aromatic carbocycles. The van der Waals surface area contributed by atoms with Gasteiger partial charge in [-0.3, -0.25) is 9.59 Å². The Hall–Kier alpha value is -2.44. The van der Waals surface area contributed by atoms with E-state index in [2.05, 4.69) is 5.32 Å². The van der Waals surface area contributed by atoms with Gasteiger partial charge in [0.15, 0.2) is 12.0 Å². The molecule has 0 bridgehead atoms. The fraction of sp³-hybridized carbons (Fsp3) is 0.609. The molecule has 30 heavy (non-hydrogen) atoms. The first-order valence-corrected chi connectivity index (χ1v) is 10.6. The van der Waals surface area contributed by atoms with Crippen LogP contribution in [0, 0.1) is 0 Å². The number of alkyl carbamates (subject to hydrolysis) is 1. The van der Waals surface area contributed by atoms with Crippen LogP contribution in [0.3, 0.4) is 0 Å². The van der Waals surface area contributed by atoms with Gasteiger partial charge in [-0.2, -0.15) is 0 Å². The van der Waals surface area contributed by atoms with E-state index in [1.165, 1.54) is 24.3 Å². The lowest BCUT2D eigenvalue weighted by Gasteiger charge is -2.19. The highest BCUT2D eigenvalue weighted by molar-refractivity contribution is 5.84. The standard InChI is InChI=1S/C23H34FNO5/c1-5-20(27)29-18-14-12-17(13-15-18)21(24)19(26)11-9-7-6-8-10-16-25-22(28)30-23(2,3)4/h12-15,21H,5-11,16H2,1-4H3,(H,25,28). The quantitative estimate of drug-likeness (QED) is 0.275. The van der Waals surface area contributed by atoms with Crippen LogP contribution in [0.2, 0.25) is 0 Å². The molecule has 0 spiro atoms. The molecule has 1 N–H and O–H groups in total. The van der Waals surface area contributed by atoms with Crippen LogP contribution in [0.4, 0.5) is 9.18 Å². The number of carbonyl (C=O) groups is 3. The molecule has 1 aromatic rings. The molecule has 1 unspecified atom stereocenters. The second-order valence-corrected chi connectivity index (χ2v) is 8.17. The first-order chi connectivity index (χ1) is 14.1. The van der Waals surface area contributed by atoms with E-state index >= 15 is 0 Å². The topological polar surface area (TPSA) is 81.7 Å². The van der Waals surface area contributed by atoms with Gasteiger partial charge in [-0.15, -0.1) is 0 Å². The second kappa shape index (κ2) is 13.0. The van der Waals surface area contributed by atoms with Gasteiger partial charge in [0.1, 0.15) is 11.4 Å². The smallest absolute Gasteiger partial charge is 0.407 e. The lowest BCUT2D eigenvalue weighted by Crippen LogP contribution is -2.32. The number of ketones is 1. The van der Waals surface area contributed by atoms with Crippen molar-refractivity contribution in [2.75, 3.05) is 6.54 Å².